The van der Waals surface area contributed by atoms with Crippen molar-refractivity contribution in [2.75, 3.05) is 26.2 Å². The molecule has 1 aliphatic rings. The van der Waals surface area contributed by atoms with Crippen molar-refractivity contribution in [3.05, 3.63) is 71.1 Å². The van der Waals surface area contributed by atoms with Crippen molar-refractivity contribution in [1.82, 2.24) is 24.5 Å². The lowest BCUT2D eigenvalue weighted by molar-refractivity contribution is 0.0762. The number of rotatable bonds is 3. The first-order valence-corrected chi connectivity index (χ1v) is 9.98. The van der Waals surface area contributed by atoms with Crippen molar-refractivity contribution in [2.24, 2.45) is 0 Å². The second-order valence-corrected chi connectivity index (χ2v) is 7.44. The number of amides is 3. The number of carbonyl (C=O) groups excluding carboxylic acids is 2. The van der Waals surface area contributed by atoms with Crippen molar-refractivity contribution < 1.29 is 9.59 Å². The number of nitrogens with zero attached hydrogens (tertiary/aromatic N) is 4. The fraction of sp³-hybridized carbons (Fsp3) is 0.286. The molecule has 1 saturated heterocycles. The number of hydrogen-bond acceptors (Lipinski definition) is 3. The predicted octanol–water partition coefficient (Wildman–Crippen LogP) is 3.05. The molecule has 0 unspecified atom stereocenters. The van der Waals surface area contributed by atoms with Crippen LogP contribution in [0.1, 0.15) is 22.5 Å². The van der Waals surface area contributed by atoms with E-state index in [1.807, 2.05) is 51.9 Å². The van der Waals surface area contributed by atoms with Gasteiger partial charge in [0, 0.05) is 44.1 Å². The Labute approximate surface area is 173 Å². The second kappa shape index (κ2) is 8.53. The highest BCUT2D eigenvalue weighted by molar-refractivity contribution is 6.30. The topological polar surface area (TPSA) is 70.0 Å². The zero-order chi connectivity index (χ0) is 20.2. The Hall–Kier alpha value is -3.06. The van der Waals surface area contributed by atoms with Crippen LogP contribution in [0.25, 0.3) is 5.65 Å². The number of fused-ring (bicyclic) bond motifs is 1. The molecule has 7 nitrogen and oxygen atoms in total. The fourth-order valence-corrected chi connectivity index (χ4v) is 3.64. The molecule has 0 saturated carbocycles. The Bertz CT molecular complexity index is 1020. The highest BCUT2D eigenvalue weighted by atomic mass is 35.5. The number of pyridine rings is 1. The van der Waals surface area contributed by atoms with Crippen LogP contribution in [0.4, 0.5) is 4.79 Å². The lowest BCUT2D eigenvalue weighted by atomic mass is 10.2. The molecule has 150 valence electrons. The highest BCUT2D eigenvalue weighted by Gasteiger charge is 2.22. The molecule has 1 N–H and O–H groups in total. The quantitative estimate of drug-likeness (QED) is 0.720. The predicted molar refractivity (Wildman–Crippen MR) is 111 cm³/mol. The molecule has 3 heterocycles. The van der Waals surface area contributed by atoms with Crippen molar-refractivity contribution in [1.29, 1.82) is 0 Å². The smallest absolute Gasteiger partial charge is 0.317 e. The average molecular weight is 412 g/mol. The maximum atomic E-state index is 12.6. The van der Waals surface area contributed by atoms with Crippen LogP contribution in [0.5, 0.6) is 0 Å². The number of halogens is 1. The first kappa shape index (κ1) is 19.3. The SMILES string of the molecule is O=C(NCc1cn2cc(Cl)ccc2n1)N1CCCN(C(=O)c2ccccc2)CC1. The fourth-order valence-electron chi connectivity index (χ4n) is 3.47. The van der Waals surface area contributed by atoms with E-state index >= 15 is 0 Å². The molecule has 0 spiro atoms. The summed E-state index contributed by atoms with van der Waals surface area (Å²) in [5, 5.41) is 3.55. The molecule has 2 aromatic heterocycles. The van der Waals surface area contributed by atoms with Crippen LogP contribution in [0, 0.1) is 0 Å². The Balaban J connectivity index is 1.32. The summed E-state index contributed by atoms with van der Waals surface area (Å²) in [7, 11) is 0. The molecular formula is C21H22ClN5O2. The van der Waals surface area contributed by atoms with Gasteiger partial charge in [-0.15, -0.1) is 0 Å². The molecule has 4 rings (SSSR count). The minimum absolute atomic E-state index is 0.0104. The lowest BCUT2D eigenvalue weighted by Crippen LogP contribution is -2.42. The Morgan fingerprint density at radius 2 is 1.72 bits per heavy atom. The summed E-state index contributed by atoms with van der Waals surface area (Å²) < 4.78 is 1.84. The number of hydrogen-bond donors (Lipinski definition) is 1. The molecule has 0 bridgehead atoms. The number of urea groups is 1. The van der Waals surface area contributed by atoms with Crippen LogP contribution in [0.3, 0.4) is 0 Å². The van der Waals surface area contributed by atoms with Gasteiger partial charge < -0.3 is 19.5 Å². The molecule has 29 heavy (non-hydrogen) atoms. The highest BCUT2D eigenvalue weighted by Crippen LogP contribution is 2.12. The molecule has 1 aromatic carbocycles. The number of carbonyl (C=O) groups is 2. The van der Waals surface area contributed by atoms with Gasteiger partial charge in [-0.05, 0) is 30.7 Å². The Kier molecular flexibility index (Phi) is 5.67. The Morgan fingerprint density at radius 1 is 0.966 bits per heavy atom. The van der Waals surface area contributed by atoms with E-state index < -0.39 is 0 Å². The van der Waals surface area contributed by atoms with E-state index in [0.717, 1.165) is 17.8 Å². The maximum Gasteiger partial charge on any atom is 0.317 e. The van der Waals surface area contributed by atoms with Crippen molar-refractivity contribution in [3.8, 4) is 0 Å². The summed E-state index contributed by atoms with van der Waals surface area (Å²) in [6, 6.07) is 12.7. The number of nitrogens with one attached hydrogen (secondary N) is 1. The number of imidazole rings is 1. The summed E-state index contributed by atoms with van der Waals surface area (Å²) in [6.45, 7) is 2.62. The molecular weight excluding hydrogens is 390 g/mol. The molecule has 1 fully saturated rings. The molecule has 1 aliphatic heterocycles. The molecule has 0 aliphatic carbocycles. The zero-order valence-electron chi connectivity index (χ0n) is 15.9. The van der Waals surface area contributed by atoms with Gasteiger partial charge in [-0.3, -0.25) is 4.79 Å². The van der Waals surface area contributed by atoms with E-state index in [9.17, 15) is 9.59 Å². The summed E-state index contributed by atoms with van der Waals surface area (Å²) in [4.78, 5) is 33.3. The average Bonchev–Trinajstić information content (AvgIpc) is 2.98. The third-order valence-corrected chi connectivity index (χ3v) is 5.20. The standard InChI is InChI=1S/C21H22ClN5O2/c22-17-7-8-19-24-18(15-27(19)14-17)13-23-21(29)26-10-4-9-25(11-12-26)20(28)16-5-2-1-3-6-16/h1-3,5-8,14-15H,4,9-13H2,(H,23,29). The zero-order valence-corrected chi connectivity index (χ0v) is 16.7. The summed E-state index contributed by atoms with van der Waals surface area (Å²) in [5.74, 6) is 0.0104. The maximum absolute atomic E-state index is 12.6. The Morgan fingerprint density at radius 3 is 2.55 bits per heavy atom. The van der Waals surface area contributed by atoms with Crippen LogP contribution in [-0.2, 0) is 6.54 Å². The first-order valence-electron chi connectivity index (χ1n) is 9.60. The largest absolute Gasteiger partial charge is 0.337 e. The van der Waals surface area contributed by atoms with Gasteiger partial charge in [-0.1, -0.05) is 29.8 Å². The van der Waals surface area contributed by atoms with E-state index in [1.165, 1.54) is 0 Å². The van der Waals surface area contributed by atoms with Crippen LogP contribution in [0.2, 0.25) is 5.02 Å². The third kappa shape index (κ3) is 4.51. The monoisotopic (exact) mass is 411 g/mol. The van der Waals surface area contributed by atoms with Gasteiger partial charge in [0.25, 0.3) is 5.91 Å². The normalized spacial score (nSPS) is 14.7. The summed E-state index contributed by atoms with van der Waals surface area (Å²) in [6.07, 6.45) is 4.38. The van der Waals surface area contributed by atoms with Gasteiger partial charge in [0.1, 0.15) is 5.65 Å². The van der Waals surface area contributed by atoms with Gasteiger partial charge in [-0.25, -0.2) is 9.78 Å². The minimum atomic E-state index is -0.144. The van der Waals surface area contributed by atoms with E-state index in [0.29, 0.717) is 43.3 Å². The van der Waals surface area contributed by atoms with Gasteiger partial charge in [0.05, 0.1) is 17.3 Å². The van der Waals surface area contributed by atoms with Crippen molar-refractivity contribution in [3.63, 3.8) is 0 Å². The molecule has 0 radical (unpaired) electrons. The summed E-state index contributed by atoms with van der Waals surface area (Å²) in [5.41, 5.74) is 2.22. The minimum Gasteiger partial charge on any atom is -0.337 e. The van der Waals surface area contributed by atoms with E-state index in [2.05, 4.69) is 10.3 Å². The summed E-state index contributed by atoms with van der Waals surface area (Å²) >= 11 is 5.99. The second-order valence-electron chi connectivity index (χ2n) is 7.00. The molecule has 3 aromatic rings. The van der Waals surface area contributed by atoms with Gasteiger partial charge in [-0.2, -0.15) is 0 Å². The van der Waals surface area contributed by atoms with Crippen LogP contribution >= 0.6 is 11.6 Å². The van der Waals surface area contributed by atoms with Crippen LogP contribution in [-0.4, -0.2) is 57.3 Å². The van der Waals surface area contributed by atoms with E-state index in [1.54, 1.807) is 17.2 Å². The lowest BCUT2D eigenvalue weighted by Gasteiger charge is -2.22. The van der Waals surface area contributed by atoms with E-state index in [4.69, 9.17) is 11.6 Å². The van der Waals surface area contributed by atoms with Crippen molar-refractivity contribution in [2.45, 2.75) is 13.0 Å². The van der Waals surface area contributed by atoms with Gasteiger partial charge >= 0.3 is 6.03 Å². The van der Waals surface area contributed by atoms with E-state index in [-0.39, 0.29) is 11.9 Å². The van der Waals surface area contributed by atoms with Gasteiger partial charge in [0.15, 0.2) is 0 Å². The molecule has 0 atom stereocenters. The molecule has 3 amide bonds. The molecule has 8 heteroatoms. The third-order valence-electron chi connectivity index (χ3n) is 4.98. The van der Waals surface area contributed by atoms with Crippen molar-refractivity contribution >= 4 is 29.2 Å². The number of aromatic nitrogens is 2. The number of benzene rings is 1. The van der Waals surface area contributed by atoms with Crippen LogP contribution < -0.4 is 5.32 Å². The van der Waals surface area contributed by atoms with Crippen LogP contribution in [0.15, 0.2) is 54.9 Å². The first-order chi connectivity index (χ1) is 14.1. The van der Waals surface area contributed by atoms with Gasteiger partial charge in [0.2, 0.25) is 0 Å².